The minimum absolute atomic E-state index is 0.281. The first-order chi connectivity index (χ1) is 13.3. The van der Waals surface area contributed by atoms with E-state index in [9.17, 15) is 9.18 Å². The maximum Gasteiger partial charge on any atom is 0.410 e. The van der Waals surface area contributed by atoms with Gasteiger partial charge in [0.1, 0.15) is 17.1 Å². The van der Waals surface area contributed by atoms with Crippen LogP contribution in [0.1, 0.15) is 32.0 Å². The molecule has 4 rings (SSSR count). The number of amides is 1. The third-order valence-corrected chi connectivity index (χ3v) is 4.45. The first-order valence-electron chi connectivity index (χ1n) is 9.08. The van der Waals surface area contributed by atoms with Gasteiger partial charge in [0, 0.05) is 5.56 Å². The molecule has 0 fully saturated rings. The van der Waals surface area contributed by atoms with Crippen LogP contribution in [0.15, 0.2) is 48.5 Å². The monoisotopic (exact) mass is 380 g/mol. The van der Waals surface area contributed by atoms with Gasteiger partial charge in [-0.05, 0) is 56.7 Å². The van der Waals surface area contributed by atoms with Crippen LogP contribution >= 0.6 is 0 Å². The summed E-state index contributed by atoms with van der Waals surface area (Å²) in [5.41, 5.74) is 3.33. The van der Waals surface area contributed by atoms with Gasteiger partial charge in [0.2, 0.25) is 0 Å². The van der Waals surface area contributed by atoms with Gasteiger partial charge in [-0.25, -0.2) is 13.9 Å². The molecule has 0 aliphatic carbocycles. The first kappa shape index (κ1) is 18.2. The molecule has 2 heterocycles. The summed E-state index contributed by atoms with van der Waals surface area (Å²) >= 11 is 0. The second kappa shape index (κ2) is 6.74. The number of carbonyl (C=O) groups is 1. The highest BCUT2D eigenvalue weighted by Crippen LogP contribution is 2.30. The van der Waals surface area contributed by atoms with Crippen LogP contribution in [0.2, 0.25) is 0 Å². The predicted octanol–water partition coefficient (Wildman–Crippen LogP) is 4.32. The number of hydrogen-bond acceptors (Lipinski definition) is 4. The lowest BCUT2D eigenvalue weighted by Gasteiger charge is -2.26. The van der Waals surface area contributed by atoms with E-state index in [4.69, 9.17) is 4.74 Å². The fourth-order valence-corrected chi connectivity index (χ4v) is 3.22. The predicted molar refractivity (Wildman–Crippen MR) is 102 cm³/mol. The molecule has 7 heteroatoms. The average Bonchev–Trinajstić information content (AvgIpc) is 2.96. The molecule has 0 atom stereocenters. The molecule has 3 aromatic rings. The fraction of sp³-hybridized carbons (Fsp3) is 0.286. The standard InChI is InChI=1S/C21H21FN4O2/c1-21(2,3)28-20(27)25-12-15-6-4-5-7-17(15)26-18(13-25)19(23-24-26)14-8-10-16(22)11-9-14/h4-11H,12-13H2,1-3H3. The summed E-state index contributed by atoms with van der Waals surface area (Å²) < 4.78 is 20.7. The van der Waals surface area contributed by atoms with E-state index in [0.717, 1.165) is 22.5 Å². The van der Waals surface area contributed by atoms with Crippen molar-refractivity contribution >= 4 is 6.09 Å². The molecule has 28 heavy (non-hydrogen) atoms. The van der Waals surface area contributed by atoms with Crippen LogP contribution in [0.5, 0.6) is 0 Å². The summed E-state index contributed by atoms with van der Waals surface area (Å²) in [5.74, 6) is -0.317. The largest absolute Gasteiger partial charge is 0.444 e. The van der Waals surface area contributed by atoms with Crippen molar-refractivity contribution in [3.63, 3.8) is 0 Å². The van der Waals surface area contributed by atoms with Gasteiger partial charge in [0.05, 0.1) is 24.5 Å². The van der Waals surface area contributed by atoms with Crippen LogP contribution in [0.3, 0.4) is 0 Å². The van der Waals surface area contributed by atoms with Crippen molar-refractivity contribution in [3.05, 3.63) is 65.6 Å². The molecular weight excluding hydrogens is 359 g/mol. The molecule has 6 nitrogen and oxygen atoms in total. The summed E-state index contributed by atoms with van der Waals surface area (Å²) in [6, 6.07) is 13.8. The van der Waals surface area contributed by atoms with E-state index in [0.29, 0.717) is 12.2 Å². The lowest BCUT2D eigenvalue weighted by atomic mass is 10.1. The second-order valence-corrected chi connectivity index (χ2v) is 7.77. The van der Waals surface area contributed by atoms with Gasteiger partial charge in [-0.3, -0.25) is 4.90 Å². The summed E-state index contributed by atoms with van der Waals surface area (Å²) in [6.45, 7) is 6.20. The number of para-hydroxylation sites is 1. The minimum atomic E-state index is -0.596. The Bertz CT molecular complexity index is 1020. The number of halogens is 1. The first-order valence-corrected chi connectivity index (χ1v) is 9.08. The van der Waals surface area contributed by atoms with E-state index in [1.54, 1.807) is 21.7 Å². The van der Waals surface area contributed by atoms with Crippen molar-refractivity contribution in [1.29, 1.82) is 0 Å². The number of fused-ring (bicyclic) bond motifs is 3. The van der Waals surface area contributed by atoms with Crippen molar-refractivity contribution in [2.45, 2.75) is 39.5 Å². The molecule has 0 radical (unpaired) electrons. The lowest BCUT2D eigenvalue weighted by Crippen LogP contribution is -2.35. The van der Waals surface area contributed by atoms with Gasteiger partial charge in [-0.15, -0.1) is 5.10 Å². The zero-order valence-corrected chi connectivity index (χ0v) is 16.0. The lowest BCUT2D eigenvalue weighted by molar-refractivity contribution is 0.0217. The maximum absolute atomic E-state index is 13.3. The maximum atomic E-state index is 13.3. The van der Waals surface area contributed by atoms with E-state index in [1.807, 2.05) is 45.0 Å². The number of rotatable bonds is 1. The van der Waals surface area contributed by atoms with E-state index < -0.39 is 11.7 Å². The Labute approximate surface area is 162 Å². The molecule has 2 aromatic carbocycles. The molecule has 1 aliphatic rings. The Hall–Kier alpha value is -3.22. The quantitative estimate of drug-likeness (QED) is 0.631. The fourth-order valence-electron chi connectivity index (χ4n) is 3.22. The van der Waals surface area contributed by atoms with Crippen LogP contribution in [0, 0.1) is 5.82 Å². The van der Waals surface area contributed by atoms with Gasteiger partial charge < -0.3 is 4.74 Å². The Kier molecular flexibility index (Phi) is 4.37. The average molecular weight is 380 g/mol. The van der Waals surface area contributed by atoms with Gasteiger partial charge in [0.25, 0.3) is 0 Å². The van der Waals surface area contributed by atoms with E-state index in [1.165, 1.54) is 12.1 Å². The molecule has 0 unspecified atom stereocenters. The van der Waals surface area contributed by atoms with E-state index >= 15 is 0 Å². The number of hydrogen-bond donors (Lipinski definition) is 0. The summed E-state index contributed by atoms with van der Waals surface area (Å²) in [7, 11) is 0. The highest BCUT2D eigenvalue weighted by Gasteiger charge is 2.29. The number of nitrogens with zero attached hydrogens (tertiary/aromatic N) is 4. The molecule has 1 aromatic heterocycles. The number of benzene rings is 2. The Morgan fingerprint density at radius 2 is 1.79 bits per heavy atom. The van der Waals surface area contributed by atoms with Crippen LogP contribution < -0.4 is 0 Å². The Morgan fingerprint density at radius 3 is 2.50 bits per heavy atom. The van der Waals surface area contributed by atoms with Gasteiger partial charge in [0.15, 0.2) is 0 Å². The van der Waals surface area contributed by atoms with E-state index in [2.05, 4.69) is 10.3 Å². The minimum Gasteiger partial charge on any atom is -0.444 e. The number of carbonyl (C=O) groups excluding carboxylic acids is 1. The smallest absolute Gasteiger partial charge is 0.410 e. The SMILES string of the molecule is CC(C)(C)OC(=O)N1Cc2ccccc2-n2nnc(-c3ccc(F)cc3)c2C1. The van der Waals surface area contributed by atoms with Crippen molar-refractivity contribution in [2.24, 2.45) is 0 Å². The van der Waals surface area contributed by atoms with Crippen molar-refractivity contribution in [1.82, 2.24) is 19.9 Å². The van der Waals surface area contributed by atoms with Crippen molar-refractivity contribution in [2.75, 3.05) is 0 Å². The number of aromatic nitrogens is 3. The van der Waals surface area contributed by atoms with Crippen LogP contribution in [0.25, 0.3) is 16.9 Å². The highest BCUT2D eigenvalue weighted by molar-refractivity contribution is 5.70. The van der Waals surface area contributed by atoms with Gasteiger partial charge >= 0.3 is 6.09 Å². The van der Waals surface area contributed by atoms with Gasteiger partial charge in [-0.2, -0.15) is 0 Å². The molecular formula is C21H21FN4O2. The Morgan fingerprint density at radius 1 is 1.07 bits per heavy atom. The molecule has 1 aliphatic heterocycles. The molecule has 0 N–H and O–H groups in total. The summed E-state index contributed by atoms with van der Waals surface area (Å²) in [5, 5.41) is 8.64. The highest BCUT2D eigenvalue weighted by atomic mass is 19.1. The third kappa shape index (κ3) is 3.47. The molecule has 0 saturated heterocycles. The van der Waals surface area contributed by atoms with Gasteiger partial charge in [-0.1, -0.05) is 23.4 Å². The summed E-state index contributed by atoms with van der Waals surface area (Å²) in [6.07, 6.45) is -0.401. The van der Waals surface area contributed by atoms with Crippen molar-refractivity contribution in [3.8, 4) is 16.9 Å². The zero-order valence-electron chi connectivity index (χ0n) is 16.0. The second-order valence-electron chi connectivity index (χ2n) is 7.77. The molecule has 0 saturated carbocycles. The Balaban J connectivity index is 1.81. The van der Waals surface area contributed by atoms with Crippen molar-refractivity contribution < 1.29 is 13.9 Å². The molecule has 144 valence electrons. The third-order valence-electron chi connectivity index (χ3n) is 4.45. The van der Waals surface area contributed by atoms with Crippen LogP contribution in [-0.4, -0.2) is 31.6 Å². The van der Waals surface area contributed by atoms with E-state index in [-0.39, 0.29) is 12.4 Å². The normalized spacial score (nSPS) is 13.5. The number of ether oxygens (including phenoxy) is 1. The molecule has 1 amide bonds. The molecule has 0 bridgehead atoms. The molecule has 0 spiro atoms. The topological polar surface area (TPSA) is 60.2 Å². The zero-order chi connectivity index (χ0) is 19.9. The van der Waals surface area contributed by atoms with Crippen LogP contribution in [0.4, 0.5) is 9.18 Å². The summed E-state index contributed by atoms with van der Waals surface area (Å²) in [4.78, 5) is 14.4. The van der Waals surface area contributed by atoms with Crippen LogP contribution in [-0.2, 0) is 17.8 Å².